The minimum atomic E-state index is -0.791. The lowest BCUT2D eigenvalue weighted by molar-refractivity contribution is -0.141. The average molecular weight is 626 g/mol. The topological polar surface area (TPSA) is 95.7 Å². The fraction of sp³-hybridized carbons (Fsp3) is 0.513. The van der Waals surface area contributed by atoms with Gasteiger partial charge in [0.1, 0.15) is 17.9 Å². The largest absolute Gasteiger partial charge is 0.485 e. The zero-order chi connectivity index (χ0) is 33.2. The number of rotatable bonds is 8. The highest BCUT2D eigenvalue weighted by Gasteiger charge is 2.44. The van der Waals surface area contributed by atoms with E-state index in [4.69, 9.17) is 9.47 Å². The summed E-state index contributed by atoms with van der Waals surface area (Å²) < 4.78 is 11.9. The normalized spacial score (nSPS) is 20.7. The first kappa shape index (κ1) is 35.0. The fourth-order valence-corrected chi connectivity index (χ4v) is 6.15. The Bertz CT molecular complexity index is 1500. The SMILES string of the molecule is C1CC1.CC.CC.COc1cc(-c2ccc(C3CCc4ccc(CC(C)C(=O)O)cc4O3)cc2CN2CC3CC3C2)c(C#N)cn1. The Morgan fingerprint density at radius 1 is 1.07 bits per heavy atom. The van der Waals surface area contributed by atoms with Gasteiger partial charge in [0.05, 0.1) is 18.6 Å². The molecule has 246 valence electrons. The average Bonchev–Trinajstić information content (AvgIpc) is 4.05. The van der Waals surface area contributed by atoms with Gasteiger partial charge in [-0.1, -0.05) is 84.2 Å². The van der Waals surface area contributed by atoms with E-state index in [9.17, 15) is 15.2 Å². The molecule has 2 aliphatic carbocycles. The van der Waals surface area contributed by atoms with Crippen molar-refractivity contribution in [1.29, 1.82) is 5.26 Å². The molecule has 2 saturated carbocycles. The lowest BCUT2D eigenvalue weighted by Gasteiger charge is -2.28. The maximum absolute atomic E-state index is 11.3. The van der Waals surface area contributed by atoms with Crippen LogP contribution in [-0.4, -0.2) is 41.2 Å². The summed E-state index contributed by atoms with van der Waals surface area (Å²) in [5, 5.41) is 19.1. The summed E-state index contributed by atoms with van der Waals surface area (Å²) in [6.45, 7) is 12.8. The number of methoxy groups -OCH3 is 1. The predicted octanol–water partition coefficient (Wildman–Crippen LogP) is 8.63. The number of pyridine rings is 1. The molecule has 7 heteroatoms. The van der Waals surface area contributed by atoms with Crippen LogP contribution in [0.4, 0.5) is 0 Å². The number of piperidine rings is 1. The summed E-state index contributed by atoms with van der Waals surface area (Å²) in [7, 11) is 1.59. The Morgan fingerprint density at radius 3 is 2.41 bits per heavy atom. The number of carboxylic acid groups (broad SMARTS) is 1. The first-order chi connectivity index (χ1) is 22.4. The van der Waals surface area contributed by atoms with E-state index in [2.05, 4.69) is 40.2 Å². The van der Waals surface area contributed by atoms with Gasteiger partial charge in [-0.3, -0.25) is 9.69 Å². The van der Waals surface area contributed by atoms with Crippen molar-refractivity contribution in [3.05, 3.63) is 76.5 Å². The molecule has 0 radical (unpaired) electrons. The van der Waals surface area contributed by atoms with Gasteiger partial charge in [0, 0.05) is 37.5 Å². The molecule has 4 atom stereocenters. The highest BCUT2D eigenvalue weighted by atomic mass is 16.5. The molecular weight excluding hydrogens is 574 g/mol. The monoisotopic (exact) mass is 625 g/mol. The van der Waals surface area contributed by atoms with E-state index in [0.29, 0.717) is 17.9 Å². The first-order valence-corrected chi connectivity index (χ1v) is 17.2. The van der Waals surface area contributed by atoms with Crippen molar-refractivity contribution in [1.82, 2.24) is 9.88 Å². The molecule has 7 rings (SSSR count). The van der Waals surface area contributed by atoms with Gasteiger partial charge in [-0.25, -0.2) is 4.98 Å². The third-order valence-corrected chi connectivity index (χ3v) is 8.84. The zero-order valence-electron chi connectivity index (χ0n) is 28.5. The van der Waals surface area contributed by atoms with Crippen molar-refractivity contribution in [3.8, 4) is 28.8 Å². The molecule has 4 unspecified atom stereocenters. The van der Waals surface area contributed by atoms with E-state index in [1.54, 1.807) is 20.2 Å². The second-order valence-electron chi connectivity index (χ2n) is 12.3. The van der Waals surface area contributed by atoms with Crippen LogP contribution in [-0.2, 0) is 24.2 Å². The Morgan fingerprint density at radius 2 is 1.78 bits per heavy atom. The molecule has 1 saturated heterocycles. The Kier molecular flexibility index (Phi) is 12.6. The van der Waals surface area contributed by atoms with E-state index < -0.39 is 11.9 Å². The van der Waals surface area contributed by atoms with Crippen molar-refractivity contribution < 1.29 is 19.4 Å². The number of aryl methyl sites for hydroxylation is 1. The summed E-state index contributed by atoms with van der Waals surface area (Å²) in [6, 6.07) is 16.7. The third-order valence-electron chi connectivity index (χ3n) is 8.84. The molecule has 2 aliphatic heterocycles. The number of carboxylic acids is 1. The molecule has 4 aliphatic rings. The molecule has 3 aromatic rings. The lowest BCUT2D eigenvalue weighted by Crippen LogP contribution is -2.23. The van der Waals surface area contributed by atoms with Gasteiger partial charge in [-0.2, -0.15) is 5.26 Å². The molecule has 0 amide bonds. The van der Waals surface area contributed by atoms with E-state index >= 15 is 0 Å². The van der Waals surface area contributed by atoms with Crippen LogP contribution in [0, 0.1) is 29.1 Å². The number of likely N-dealkylation sites (tertiary alicyclic amines) is 1. The molecular formula is C39H51N3O4. The molecule has 0 bridgehead atoms. The van der Waals surface area contributed by atoms with Gasteiger partial charge in [0.25, 0.3) is 0 Å². The molecule has 2 aromatic carbocycles. The van der Waals surface area contributed by atoms with Crippen LogP contribution in [0.3, 0.4) is 0 Å². The summed E-state index contributed by atoms with van der Waals surface area (Å²) >= 11 is 0. The zero-order valence-corrected chi connectivity index (χ0v) is 28.5. The van der Waals surface area contributed by atoms with Crippen LogP contribution in [0.2, 0.25) is 0 Å². The number of benzene rings is 2. The lowest BCUT2D eigenvalue weighted by atomic mass is 9.90. The summed E-state index contributed by atoms with van der Waals surface area (Å²) in [5.74, 6) is 1.77. The number of hydrogen-bond acceptors (Lipinski definition) is 6. The molecule has 7 nitrogen and oxygen atoms in total. The van der Waals surface area contributed by atoms with E-state index in [-0.39, 0.29) is 6.10 Å². The van der Waals surface area contributed by atoms with E-state index in [0.717, 1.165) is 77.9 Å². The van der Waals surface area contributed by atoms with Gasteiger partial charge in [-0.05, 0) is 71.4 Å². The number of aliphatic carboxylic acids is 1. The Labute approximate surface area is 275 Å². The third kappa shape index (κ3) is 8.88. The molecule has 0 spiro atoms. The minimum absolute atomic E-state index is 0.0909. The number of fused-ring (bicyclic) bond motifs is 2. The highest BCUT2D eigenvalue weighted by molar-refractivity contribution is 5.74. The van der Waals surface area contributed by atoms with Crippen LogP contribution < -0.4 is 9.47 Å². The number of nitrogens with zero attached hydrogens (tertiary/aromatic N) is 3. The highest BCUT2D eigenvalue weighted by Crippen LogP contribution is 2.46. The summed E-state index contributed by atoms with van der Waals surface area (Å²) in [4.78, 5) is 18.1. The smallest absolute Gasteiger partial charge is 0.306 e. The van der Waals surface area contributed by atoms with E-state index in [1.165, 1.54) is 31.2 Å². The molecule has 46 heavy (non-hydrogen) atoms. The van der Waals surface area contributed by atoms with Crippen LogP contribution in [0.15, 0.2) is 48.7 Å². The number of carbonyl (C=O) groups is 1. The van der Waals surface area contributed by atoms with Gasteiger partial charge in [0.2, 0.25) is 5.88 Å². The minimum Gasteiger partial charge on any atom is -0.485 e. The maximum atomic E-state index is 11.3. The van der Waals surface area contributed by atoms with Gasteiger partial charge < -0.3 is 14.6 Å². The van der Waals surface area contributed by atoms with Crippen LogP contribution in [0.25, 0.3) is 11.1 Å². The molecule has 1 aromatic heterocycles. The molecule has 3 fully saturated rings. The number of aromatic nitrogens is 1. The van der Waals surface area contributed by atoms with Gasteiger partial charge >= 0.3 is 5.97 Å². The van der Waals surface area contributed by atoms with Gasteiger partial charge in [0.15, 0.2) is 0 Å². The van der Waals surface area contributed by atoms with Gasteiger partial charge in [-0.15, -0.1) is 0 Å². The number of nitriles is 1. The van der Waals surface area contributed by atoms with Crippen LogP contribution in [0.1, 0.15) is 101 Å². The quantitative estimate of drug-likeness (QED) is 0.268. The van der Waals surface area contributed by atoms with Crippen molar-refractivity contribution in [3.63, 3.8) is 0 Å². The Hall–Kier alpha value is -3.89. The van der Waals surface area contributed by atoms with Crippen molar-refractivity contribution >= 4 is 5.97 Å². The Balaban J connectivity index is 0.000000627. The van der Waals surface area contributed by atoms with Crippen molar-refractivity contribution in [2.75, 3.05) is 20.2 Å². The maximum Gasteiger partial charge on any atom is 0.306 e. The van der Waals surface area contributed by atoms with Crippen molar-refractivity contribution in [2.45, 2.75) is 92.2 Å². The van der Waals surface area contributed by atoms with Crippen LogP contribution in [0.5, 0.6) is 11.6 Å². The number of hydrogen-bond donors (Lipinski definition) is 1. The standard InChI is InChI=1S/C32H33N3O4.C3H6.2C2H6/c1-19(32(36)37)9-20-3-4-21-6-8-29(39-30(21)10-20)22-5-7-27(28-13-31(38-2)34-15-26(28)14-33)25(11-22)18-35-16-23-12-24(23)17-35;1-2-3-1;2*1-2/h3-5,7,10-11,13,15,19,23-24,29H,6,8-9,12,16-18H2,1-2H3,(H,36,37);1-3H2;2*1-2H3. The second-order valence-corrected chi connectivity index (χ2v) is 12.3. The number of ether oxygens (including phenoxy) is 2. The molecule has 3 heterocycles. The first-order valence-electron chi connectivity index (χ1n) is 17.2. The van der Waals surface area contributed by atoms with E-state index in [1.807, 2.05) is 45.9 Å². The summed E-state index contributed by atoms with van der Waals surface area (Å²) in [6.07, 6.45) is 9.60. The predicted molar refractivity (Wildman–Crippen MR) is 183 cm³/mol. The second kappa shape index (κ2) is 16.6. The summed E-state index contributed by atoms with van der Waals surface area (Å²) in [5.41, 5.74) is 6.82. The van der Waals surface area contributed by atoms with Crippen LogP contribution >= 0.6 is 0 Å². The fourth-order valence-electron chi connectivity index (χ4n) is 6.15. The van der Waals surface area contributed by atoms with Crippen molar-refractivity contribution in [2.24, 2.45) is 17.8 Å². The molecule has 1 N–H and O–H groups in total.